The fourth-order valence-corrected chi connectivity index (χ4v) is 3.55. The zero-order valence-corrected chi connectivity index (χ0v) is 15.7. The van der Waals surface area contributed by atoms with Gasteiger partial charge in [0.1, 0.15) is 5.00 Å². The van der Waals surface area contributed by atoms with Gasteiger partial charge in [0.25, 0.3) is 0 Å². The molecule has 126 valence electrons. The summed E-state index contributed by atoms with van der Waals surface area (Å²) in [6.45, 7) is 13.2. The molecule has 0 saturated carbocycles. The highest BCUT2D eigenvalue weighted by Gasteiger charge is 2.39. The Labute approximate surface area is 143 Å². The molecule has 1 saturated heterocycles. The monoisotopic (exact) mass is 334 g/mol. The molecule has 1 aromatic heterocycles. The Balaban J connectivity index is 2.42. The quantitative estimate of drug-likeness (QED) is 0.793. The number of anilines is 1. The zero-order chi connectivity index (χ0) is 17.4. The van der Waals surface area contributed by atoms with Crippen LogP contribution in [0.2, 0.25) is 0 Å². The average Bonchev–Trinajstić information content (AvgIpc) is 2.87. The first-order chi connectivity index (χ1) is 10.7. The van der Waals surface area contributed by atoms with Gasteiger partial charge in [-0.15, -0.1) is 6.42 Å². The molecule has 0 unspecified atom stereocenters. The first-order valence-corrected chi connectivity index (χ1v) is 8.76. The van der Waals surface area contributed by atoms with Gasteiger partial charge in [-0.1, -0.05) is 12.8 Å². The number of aryl methyl sites for hydroxylation is 1. The lowest BCUT2D eigenvalue weighted by atomic mass is 10.0. The van der Waals surface area contributed by atoms with Crippen LogP contribution >= 0.6 is 11.5 Å². The average molecular weight is 334 g/mol. The Hall–Kier alpha value is -1.58. The fraction of sp³-hybridized carbons (Fsp3) is 0.647. The van der Waals surface area contributed by atoms with Gasteiger partial charge in [0.2, 0.25) is 0 Å². The van der Waals surface area contributed by atoms with Crippen LogP contribution in [0, 0.1) is 19.3 Å². The van der Waals surface area contributed by atoms with E-state index < -0.39 is 5.54 Å². The molecule has 0 N–H and O–H groups in total. The largest absolute Gasteiger partial charge is 0.327 e. The molecule has 0 spiro atoms. The number of amides is 2. The second-order valence-electron chi connectivity index (χ2n) is 6.71. The minimum Gasteiger partial charge on any atom is -0.309 e. The van der Waals surface area contributed by atoms with E-state index in [4.69, 9.17) is 6.42 Å². The summed E-state index contributed by atoms with van der Waals surface area (Å²) in [6.07, 6.45) is 6.58. The summed E-state index contributed by atoms with van der Waals surface area (Å²) in [7, 11) is 0. The van der Waals surface area contributed by atoms with Crippen LogP contribution in [0.15, 0.2) is 0 Å². The van der Waals surface area contributed by atoms with E-state index in [-0.39, 0.29) is 12.1 Å². The Morgan fingerprint density at radius 1 is 1.39 bits per heavy atom. The van der Waals surface area contributed by atoms with Crippen molar-refractivity contribution >= 4 is 22.6 Å². The summed E-state index contributed by atoms with van der Waals surface area (Å²) in [5.74, 6) is 2.84. The van der Waals surface area contributed by atoms with Crippen molar-refractivity contribution in [1.82, 2.24) is 14.2 Å². The predicted octanol–water partition coefficient (Wildman–Crippen LogP) is 3.29. The van der Waals surface area contributed by atoms with Gasteiger partial charge in [0.15, 0.2) is 0 Å². The van der Waals surface area contributed by atoms with Crippen LogP contribution in [-0.2, 0) is 6.42 Å². The van der Waals surface area contributed by atoms with E-state index in [1.54, 1.807) is 0 Å². The van der Waals surface area contributed by atoms with Crippen LogP contribution in [0.3, 0.4) is 0 Å². The molecule has 2 amide bonds. The summed E-state index contributed by atoms with van der Waals surface area (Å²) in [5.41, 5.74) is 1.73. The molecular formula is C17H26N4OS. The molecule has 2 rings (SSSR count). The molecule has 0 aromatic carbocycles. The highest BCUT2D eigenvalue weighted by molar-refractivity contribution is 7.10. The predicted molar refractivity (Wildman–Crippen MR) is 95.6 cm³/mol. The van der Waals surface area contributed by atoms with Crippen LogP contribution < -0.4 is 4.90 Å². The molecule has 0 bridgehead atoms. The van der Waals surface area contributed by atoms with Crippen molar-refractivity contribution in [2.24, 2.45) is 0 Å². The smallest absolute Gasteiger partial charge is 0.309 e. The molecule has 0 radical (unpaired) electrons. The normalized spacial score (nSPS) is 17.0. The molecule has 2 heterocycles. The lowest BCUT2D eigenvalue weighted by Gasteiger charge is -2.47. The number of carbonyl (C=O) groups excluding carboxylic acids is 1. The van der Waals surface area contributed by atoms with Crippen molar-refractivity contribution in [2.75, 3.05) is 18.2 Å². The van der Waals surface area contributed by atoms with Crippen LogP contribution in [-0.4, -0.2) is 45.1 Å². The SMILES string of the molecule is C#CC(C)(C)N1CN(c2snc(CC)c2C)C(=O)N(C(C)C)C1. The van der Waals surface area contributed by atoms with Crippen molar-refractivity contribution < 1.29 is 4.79 Å². The molecule has 5 nitrogen and oxygen atoms in total. The summed E-state index contributed by atoms with van der Waals surface area (Å²) in [4.78, 5) is 18.8. The molecule has 1 aliphatic rings. The lowest BCUT2D eigenvalue weighted by Crippen LogP contribution is -2.64. The van der Waals surface area contributed by atoms with Crippen molar-refractivity contribution in [3.63, 3.8) is 0 Å². The summed E-state index contributed by atoms with van der Waals surface area (Å²) in [6, 6.07) is 0.138. The van der Waals surface area contributed by atoms with Crippen molar-refractivity contribution in [3.8, 4) is 12.3 Å². The standard InChI is InChI=1S/C17H26N4OS/c1-8-14-13(5)15(23-18-14)21-11-19(17(6,7)9-2)10-20(12(3)4)16(21)22/h2,12H,8,10-11H2,1,3-7H3. The highest BCUT2D eigenvalue weighted by atomic mass is 32.1. The van der Waals surface area contributed by atoms with Gasteiger partial charge in [0, 0.05) is 11.6 Å². The second kappa shape index (κ2) is 6.50. The number of urea groups is 1. The number of carbonyl (C=O) groups is 1. The number of aromatic nitrogens is 1. The van der Waals surface area contributed by atoms with Crippen molar-refractivity contribution in [3.05, 3.63) is 11.3 Å². The van der Waals surface area contributed by atoms with E-state index in [0.717, 1.165) is 22.7 Å². The molecule has 1 fully saturated rings. The van der Waals surface area contributed by atoms with Crippen molar-refractivity contribution in [1.29, 1.82) is 0 Å². The third-order valence-electron chi connectivity index (χ3n) is 4.45. The summed E-state index contributed by atoms with van der Waals surface area (Å²) in [5, 5.41) is 0.926. The maximum absolute atomic E-state index is 12.9. The zero-order valence-electron chi connectivity index (χ0n) is 14.9. The Morgan fingerprint density at radius 3 is 2.52 bits per heavy atom. The van der Waals surface area contributed by atoms with E-state index >= 15 is 0 Å². The van der Waals surface area contributed by atoms with Gasteiger partial charge in [0.05, 0.1) is 24.6 Å². The van der Waals surface area contributed by atoms with E-state index in [1.807, 2.05) is 44.4 Å². The number of terminal acetylenes is 1. The first-order valence-electron chi connectivity index (χ1n) is 7.99. The van der Waals surface area contributed by atoms with Gasteiger partial charge in [-0.2, -0.15) is 4.37 Å². The number of hydrogen-bond acceptors (Lipinski definition) is 4. The highest BCUT2D eigenvalue weighted by Crippen LogP contribution is 2.33. The third-order valence-corrected chi connectivity index (χ3v) is 5.47. The van der Waals surface area contributed by atoms with Gasteiger partial charge in [-0.3, -0.25) is 9.80 Å². The topological polar surface area (TPSA) is 39.7 Å². The van der Waals surface area contributed by atoms with Gasteiger partial charge >= 0.3 is 6.03 Å². The van der Waals surface area contributed by atoms with E-state index in [9.17, 15) is 4.79 Å². The molecule has 0 aliphatic carbocycles. The van der Waals surface area contributed by atoms with Crippen molar-refractivity contribution in [2.45, 2.75) is 59.5 Å². The van der Waals surface area contributed by atoms with E-state index in [1.165, 1.54) is 11.5 Å². The first kappa shape index (κ1) is 17.8. The maximum atomic E-state index is 12.9. The third kappa shape index (κ3) is 3.22. The van der Waals surface area contributed by atoms with Crippen LogP contribution in [0.25, 0.3) is 0 Å². The lowest BCUT2D eigenvalue weighted by molar-refractivity contribution is 0.0561. The van der Waals surface area contributed by atoms with E-state index in [0.29, 0.717) is 13.3 Å². The minimum atomic E-state index is -0.418. The molecule has 6 heteroatoms. The van der Waals surface area contributed by atoms with Gasteiger partial charge < -0.3 is 4.90 Å². The van der Waals surface area contributed by atoms with Gasteiger partial charge in [-0.05, 0) is 52.6 Å². The van der Waals surface area contributed by atoms with E-state index in [2.05, 4.69) is 22.1 Å². The summed E-state index contributed by atoms with van der Waals surface area (Å²) >= 11 is 1.40. The Morgan fingerprint density at radius 2 is 2.04 bits per heavy atom. The number of nitrogens with zero attached hydrogens (tertiary/aromatic N) is 4. The molecule has 23 heavy (non-hydrogen) atoms. The Kier molecular flexibility index (Phi) is 5.02. The maximum Gasteiger partial charge on any atom is 0.327 e. The van der Waals surface area contributed by atoms with Crippen LogP contribution in [0.5, 0.6) is 0 Å². The number of hydrogen-bond donors (Lipinski definition) is 0. The van der Waals surface area contributed by atoms with Gasteiger partial charge in [-0.25, -0.2) is 4.79 Å². The fourth-order valence-electron chi connectivity index (χ4n) is 2.60. The molecular weight excluding hydrogens is 308 g/mol. The van der Waals surface area contributed by atoms with Crippen LogP contribution in [0.4, 0.5) is 9.80 Å². The van der Waals surface area contributed by atoms with Crippen LogP contribution in [0.1, 0.15) is 45.9 Å². The molecule has 1 aromatic rings. The Bertz CT molecular complexity index is 629. The molecule has 1 aliphatic heterocycles. The number of rotatable bonds is 4. The second-order valence-corrected chi connectivity index (χ2v) is 7.46. The minimum absolute atomic E-state index is 0.0264. The molecule has 0 atom stereocenters. The summed E-state index contributed by atoms with van der Waals surface area (Å²) < 4.78 is 4.49.